The summed E-state index contributed by atoms with van der Waals surface area (Å²) in [4.78, 5) is 32.2. The van der Waals surface area contributed by atoms with E-state index in [1.807, 2.05) is 6.92 Å². The maximum Gasteiger partial charge on any atom is 0.326 e. The Kier molecular flexibility index (Phi) is 5.84. The molecule has 7 heteroatoms. The van der Waals surface area contributed by atoms with E-state index >= 15 is 0 Å². The van der Waals surface area contributed by atoms with Crippen LogP contribution in [0.1, 0.15) is 19.8 Å². The van der Waals surface area contributed by atoms with Crippen molar-refractivity contribution < 1.29 is 19.5 Å². The molecule has 1 unspecified atom stereocenters. The van der Waals surface area contributed by atoms with Gasteiger partial charge in [-0.05, 0) is 6.42 Å². The van der Waals surface area contributed by atoms with Gasteiger partial charge in [-0.3, -0.25) is 4.79 Å². The Morgan fingerprint density at radius 3 is 2.40 bits per heavy atom. The van der Waals surface area contributed by atoms with Crippen LogP contribution in [0.15, 0.2) is 0 Å². The first kappa shape index (κ1) is 13.2. The summed E-state index contributed by atoms with van der Waals surface area (Å²) in [5, 5.41) is 13.2. The molecule has 15 heavy (non-hydrogen) atoms. The third-order valence-electron chi connectivity index (χ3n) is 1.54. The lowest BCUT2D eigenvalue weighted by atomic mass is 10.2. The average Bonchev–Trinajstić information content (AvgIpc) is 2.12. The number of nitrogens with one attached hydrogen (secondary N) is 2. The topological polar surface area (TPSA) is 122 Å². The first-order valence-corrected chi connectivity index (χ1v) is 4.52. The van der Waals surface area contributed by atoms with Crippen LogP contribution in [0.2, 0.25) is 0 Å². The fraction of sp³-hybridized carbons (Fsp3) is 0.625. The monoisotopic (exact) mass is 217 g/mol. The van der Waals surface area contributed by atoms with Crippen molar-refractivity contribution in [1.29, 1.82) is 0 Å². The van der Waals surface area contributed by atoms with Crippen molar-refractivity contribution in [2.75, 3.05) is 6.54 Å². The third kappa shape index (κ3) is 6.30. The molecular weight excluding hydrogens is 202 g/mol. The van der Waals surface area contributed by atoms with Crippen molar-refractivity contribution in [2.24, 2.45) is 5.73 Å². The molecule has 86 valence electrons. The van der Waals surface area contributed by atoms with Gasteiger partial charge in [0.2, 0.25) is 5.91 Å². The second-order valence-corrected chi connectivity index (χ2v) is 2.96. The van der Waals surface area contributed by atoms with Crippen LogP contribution >= 0.6 is 0 Å². The van der Waals surface area contributed by atoms with Crippen molar-refractivity contribution in [3.05, 3.63) is 0 Å². The summed E-state index contributed by atoms with van der Waals surface area (Å²) in [5.41, 5.74) is 4.83. The highest BCUT2D eigenvalue weighted by Crippen LogP contribution is 1.91. The van der Waals surface area contributed by atoms with Gasteiger partial charge in [-0.15, -0.1) is 0 Å². The fourth-order valence-corrected chi connectivity index (χ4v) is 0.849. The zero-order valence-corrected chi connectivity index (χ0v) is 8.45. The number of urea groups is 1. The molecule has 7 nitrogen and oxygen atoms in total. The van der Waals surface area contributed by atoms with Crippen molar-refractivity contribution >= 4 is 17.9 Å². The minimum absolute atomic E-state index is 0.422. The molecule has 0 bridgehead atoms. The summed E-state index contributed by atoms with van der Waals surface area (Å²) in [5.74, 6) is -2.07. The number of hydrogen-bond donors (Lipinski definition) is 4. The molecule has 0 aromatic carbocycles. The highest BCUT2D eigenvalue weighted by Gasteiger charge is 2.21. The van der Waals surface area contributed by atoms with Crippen LogP contribution in [-0.4, -0.2) is 35.6 Å². The molecule has 5 N–H and O–H groups in total. The van der Waals surface area contributed by atoms with Gasteiger partial charge in [-0.2, -0.15) is 0 Å². The van der Waals surface area contributed by atoms with Crippen molar-refractivity contribution in [3.8, 4) is 0 Å². The molecule has 0 aromatic rings. The van der Waals surface area contributed by atoms with Crippen LogP contribution in [0.5, 0.6) is 0 Å². The molecule has 0 heterocycles. The number of aliphatic carboxylic acids is 1. The van der Waals surface area contributed by atoms with Crippen molar-refractivity contribution in [3.63, 3.8) is 0 Å². The molecule has 0 aromatic heterocycles. The highest BCUT2D eigenvalue weighted by molar-refractivity contribution is 5.87. The van der Waals surface area contributed by atoms with Crippen LogP contribution in [-0.2, 0) is 9.59 Å². The number of carbonyl (C=O) groups is 3. The predicted molar refractivity (Wildman–Crippen MR) is 52.1 cm³/mol. The second-order valence-electron chi connectivity index (χ2n) is 2.96. The Labute approximate surface area is 87.0 Å². The lowest BCUT2D eigenvalue weighted by molar-refractivity contribution is -0.140. The van der Waals surface area contributed by atoms with Crippen molar-refractivity contribution in [1.82, 2.24) is 10.6 Å². The Bertz CT molecular complexity index is 254. The minimum atomic E-state index is -1.29. The van der Waals surface area contributed by atoms with Crippen LogP contribution in [0.25, 0.3) is 0 Å². The molecule has 0 fully saturated rings. The van der Waals surface area contributed by atoms with E-state index in [2.05, 4.69) is 10.6 Å². The van der Waals surface area contributed by atoms with E-state index in [0.717, 1.165) is 6.42 Å². The lowest BCUT2D eigenvalue weighted by Gasteiger charge is -2.13. The molecule has 0 aliphatic rings. The third-order valence-corrected chi connectivity index (χ3v) is 1.54. The van der Waals surface area contributed by atoms with Gasteiger partial charge in [-0.1, -0.05) is 6.92 Å². The standard InChI is InChI=1S/C8H15N3O4/c1-2-3-10-8(15)11-5(7(13)14)4-6(9)12/h5H,2-4H2,1H3,(H2,9,12)(H,13,14)(H2,10,11,15). The Morgan fingerprint density at radius 2 is 2.00 bits per heavy atom. The molecule has 0 saturated carbocycles. The molecule has 0 spiro atoms. The van der Waals surface area contributed by atoms with Gasteiger partial charge in [0.25, 0.3) is 0 Å². The highest BCUT2D eigenvalue weighted by atomic mass is 16.4. The quantitative estimate of drug-likeness (QED) is 0.457. The Balaban J connectivity index is 4.10. The number of primary amides is 1. The van der Waals surface area contributed by atoms with E-state index in [0.29, 0.717) is 6.54 Å². The van der Waals surface area contributed by atoms with E-state index in [9.17, 15) is 14.4 Å². The van der Waals surface area contributed by atoms with Gasteiger partial charge in [-0.25, -0.2) is 9.59 Å². The summed E-state index contributed by atoms with van der Waals surface area (Å²) in [7, 11) is 0. The largest absolute Gasteiger partial charge is 0.480 e. The number of nitrogens with two attached hydrogens (primary N) is 1. The number of hydrogen-bond acceptors (Lipinski definition) is 3. The van der Waals surface area contributed by atoms with Gasteiger partial charge in [0.05, 0.1) is 6.42 Å². The summed E-state index contributed by atoms with van der Waals surface area (Å²) >= 11 is 0. The zero-order chi connectivity index (χ0) is 11.8. The van der Waals surface area contributed by atoms with Gasteiger partial charge in [0.15, 0.2) is 0 Å². The Hall–Kier alpha value is -1.79. The summed E-state index contributed by atoms with van der Waals surface area (Å²) in [6.07, 6.45) is 0.315. The predicted octanol–water partition coefficient (Wildman–Crippen LogP) is -0.976. The normalized spacial score (nSPS) is 11.5. The fourth-order valence-electron chi connectivity index (χ4n) is 0.849. The molecule has 0 saturated heterocycles. The molecule has 0 radical (unpaired) electrons. The molecule has 1 atom stereocenters. The van der Waals surface area contributed by atoms with E-state index in [1.54, 1.807) is 0 Å². The molecular formula is C8H15N3O4. The van der Waals surface area contributed by atoms with Gasteiger partial charge in [0.1, 0.15) is 6.04 Å². The number of carboxylic acid groups (broad SMARTS) is 1. The Morgan fingerprint density at radius 1 is 1.40 bits per heavy atom. The lowest BCUT2D eigenvalue weighted by Crippen LogP contribution is -2.47. The first-order valence-electron chi connectivity index (χ1n) is 4.52. The molecule has 0 rings (SSSR count). The SMILES string of the molecule is CCCNC(=O)NC(CC(N)=O)C(=O)O. The summed E-state index contributed by atoms with van der Waals surface area (Å²) < 4.78 is 0. The number of rotatable bonds is 6. The second kappa shape index (κ2) is 6.63. The van der Waals surface area contributed by atoms with Crippen LogP contribution < -0.4 is 16.4 Å². The van der Waals surface area contributed by atoms with Gasteiger partial charge in [0, 0.05) is 6.54 Å². The average molecular weight is 217 g/mol. The molecule has 0 aliphatic heterocycles. The smallest absolute Gasteiger partial charge is 0.326 e. The van der Waals surface area contributed by atoms with Crippen molar-refractivity contribution in [2.45, 2.75) is 25.8 Å². The summed E-state index contributed by atoms with van der Waals surface area (Å²) in [6.45, 7) is 2.30. The minimum Gasteiger partial charge on any atom is -0.480 e. The zero-order valence-electron chi connectivity index (χ0n) is 8.45. The van der Waals surface area contributed by atoms with Gasteiger partial charge < -0.3 is 21.5 Å². The summed E-state index contributed by atoms with van der Waals surface area (Å²) in [6, 6.07) is -1.90. The van der Waals surface area contributed by atoms with Crippen LogP contribution in [0.3, 0.4) is 0 Å². The number of amides is 3. The van der Waals surface area contributed by atoms with Crippen LogP contribution in [0, 0.1) is 0 Å². The number of carbonyl (C=O) groups excluding carboxylic acids is 2. The first-order chi connectivity index (χ1) is 6.97. The van der Waals surface area contributed by atoms with E-state index in [1.165, 1.54) is 0 Å². The van der Waals surface area contributed by atoms with Crippen LogP contribution in [0.4, 0.5) is 4.79 Å². The maximum absolute atomic E-state index is 11.1. The van der Waals surface area contributed by atoms with E-state index in [-0.39, 0.29) is 0 Å². The van der Waals surface area contributed by atoms with E-state index < -0.39 is 30.4 Å². The molecule has 0 aliphatic carbocycles. The van der Waals surface area contributed by atoms with E-state index in [4.69, 9.17) is 10.8 Å². The van der Waals surface area contributed by atoms with Gasteiger partial charge >= 0.3 is 12.0 Å². The maximum atomic E-state index is 11.1. The molecule has 3 amide bonds. The number of carboxylic acids is 1.